The molecule has 348 valence electrons. The summed E-state index contributed by atoms with van der Waals surface area (Å²) in [4.78, 5) is 114. The number of aliphatic hydroxyl groups is 1. The lowest BCUT2D eigenvalue weighted by molar-refractivity contribution is -0.145. The topological polar surface area (TPSA) is 371 Å². The second-order valence-corrected chi connectivity index (χ2v) is 15.6. The number of nitrogens with one attached hydrogen (secondary N) is 7. The predicted octanol–water partition coefficient (Wildman–Crippen LogP) is -2.92. The third kappa shape index (κ3) is 14.9. The highest BCUT2D eigenvalue weighted by atomic mass is 16.4. The summed E-state index contributed by atoms with van der Waals surface area (Å²) < 4.78 is 0. The van der Waals surface area contributed by atoms with E-state index in [0.29, 0.717) is 36.2 Å². The molecule has 0 aliphatic carbocycles. The van der Waals surface area contributed by atoms with Crippen LogP contribution in [0.3, 0.4) is 0 Å². The summed E-state index contributed by atoms with van der Waals surface area (Å²) in [6.07, 6.45) is 7.15. The highest BCUT2D eigenvalue weighted by Crippen LogP contribution is 2.21. The Labute approximate surface area is 369 Å². The Kier molecular flexibility index (Phi) is 19.2. The molecule has 4 rings (SSSR count). The molecule has 0 saturated carbocycles. The number of benzene rings is 1. The fourth-order valence-corrected chi connectivity index (χ4v) is 7.08. The van der Waals surface area contributed by atoms with E-state index < -0.39 is 96.2 Å². The molecule has 15 N–H and O–H groups in total. The molecular weight excluding hydrogens is 833 g/mol. The summed E-state index contributed by atoms with van der Waals surface area (Å²) in [5.41, 5.74) is 18.4. The van der Waals surface area contributed by atoms with Gasteiger partial charge in [-0.05, 0) is 37.2 Å². The van der Waals surface area contributed by atoms with Crippen molar-refractivity contribution < 1.29 is 43.8 Å². The maximum atomic E-state index is 14.3. The van der Waals surface area contributed by atoms with Crippen LogP contribution in [0.4, 0.5) is 0 Å². The first-order chi connectivity index (χ1) is 30.6. The zero-order chi connectivity index (χ0) is 46.8. The number of carbonyl (C=O) groups is 7. The van der Waals surface area contributed by atoms with Gasteiger partial charge in [0.25, 0.3) is 0 Å². The number of amides is 6. The van der Waals surface area contributed by atoms with Crippen LogP contribution in [0.25, 0.3) is 0 Å². The second kappa shape index (κ2) is 24.7. The molecule has 1 aliphatic rings. The summed E-state index contributed by atoms with van der Waals surface area (Å²) in [5.74, 6) is -6.39. The van der Waals surface area contributed by atoms with Gasteiger partial charge in [0.1, 0.15) is 36.3 Å². The highest BCUT2D eigenvalue weighted by molar-refractivity contribution is 5.97. The quantitative estimate of drug-likeness (QED) is 0.0231. The zero-order valence-electron chi connectivity index (χ0n) is 35.9. The summed E-state index contributed by atoms with van der Waals surface area (Å²) >= 11 is 0. The van der Waals surface area contributed by atoms with E-state index in [9.17, 15) is 43.8 Å². The van der Waals surface area contributed by atoms with Gasteiger partial charge in [-0.25, -0.2) is 14.8 Å². The summed E-state index contributed by atoms with van der Waals surface area (Å²) in [5, 5.41) is 33.2. The van der Waals surface area contributed by atoms with Crippen molar-refractivity contribution in [1.29, 1.82) is 0 Å². The van der Waals surface area contributed by atoms with E-state index in [-0.39, 0.29) is 51.2 Å². The Hall–Kier alpha value is -6.88. The largest absolute Gasteiger partial charge is 0.480 e. The van der Waals surface area contributed by atoms with Gasteiger partial charge in [-0.3, -0.25) is 33.8 Å². The lowest BCUT2D eigenvalue weighted by Gasteiger charge is -2.31. The predicted molar refractivity (Wildman–Crippen MR) is 231 cm³/mol. The van der Waals surface area contributed by atoms with Crippen molar-refractivity contribution in [2.45, 2.75) is 108 Å². The van der Waals surface area contributed by atoms with Crippen molar-refractivity contribution in [3.05, 3.63) is 72.3 Å². The Morgan fingerprint density at radius 2 is 1.44 bits per heavy atom. The molecule has 0 bridgehead atoms. The van der Waals surface area contributed by atoms with Crippen molar-refractivity contribution in [2.24, 2.45) is 28.1 Å². The third-order valence-electron chi connectivity index (χ3n) is 10.9. The Morgan fingerprint density at radius 1 is 0.828 bits per heavy atom. The summed E-state index contributed by atoms with van der Waals surface area (Å²) in [6.45, 7) is 2.96. The van der Waals surface area contributed by atoms with Crippen LogP contribution in [-0.4, -0.2) is 144 Å². The van der Waals surface area contributed by atoms with E-state index in [0.717, 1.165) is 0 Å². The van der Waals surface area contributed by atoms with Gasteiger partial charge in [0.2, 0.25) is 35.4 Å². The van der Waals surface area contributed by atoms with E-state index in [1.165, 1.54) is 29.9 Å². The summed E-state index contributed by atoms with van der Waals surface area (Å²) in [7, 11) is 0. The normalized spacial score (nSPS) is 16.8. The number of aromatic nitrogens is 4. The number of H-pyrrole nitrogens is 2. The number of aliphatic imine (C=N–C) groups is 1. The fraction of sp³-hybridized carbons (Fsp3) is 0.512. The van der Waals surface area contributed by atoms with E-state index in [2.05, 4.69) is 51.5 Å². The zero-order valence-corrected chi connectivity index (χ0v) is 35.9. The number of likely N-dealkylation sites (tertiary alicyclic amines) is 1. The first-order valence-electron chi connectivity index (χ1n) is 21.1. The van der Waals surface area contributed by atoms with Crippen LogP contribution in [0, 0.1) is 5.92 Å². The molecule has 8 atom stereocenters. The number of guanidine groups is 1. The number of aliphatic carboxylic acids is 1. The van der Waals surface area contributed by atoms with Gasteiger partial charge in [0.05, 0.1) is 25.3 Å². The molecule has 0 radical (unpaired) electrons. The minimum Gasteiger partial charge on any atom is -0.480 e. The average molecular weight is 893 g/mol. The molecule has 3 aromatic rings. The Bertz CT molecular complexity index is 2030. The van der Waals surface area contributed by atoms with Crippen LogP contribution in [0.2, 0.25) is 0 Å². The highest BCUT2D eigenvalue weighted by Gasteiger charge is 2.40. The van der Waals surface area contributed by atoms with Crippen LogP contribution < -0.4 is 43.8 Å². The number of carboxylic acids is 1. The number of carbonyl (C=O) groups excluding carboxylic acids is 6. The molecule has 64 heavy (non-hydrogen) atoms. The number of aromatic amines is 2. The maximum absolute atomic E-state index is 14.3. The Balaban J connectivity index is 1.47. The lowest BCUT2D eigenvalue weighted by atomic mass is 9.97. The standard InChI is InChI=1S/C41H60N14O9/c1-3-23(2)33(54-36(59)31(20-56)53-35(58)28(16-25-18-45-21-48-25)50-34(57)27(42)11-7-13-47-41(43)44)38(61)51-29(17-26-19-46-22-49-26)39(62)55-14-8-12-32(55)37(60)52-30(40(63)64)15-24-9-5-4-6-10-24/h4-6,9-10,18-19,21-23,27-33,56H,3,7-8,11-17,20,42H2,1-2H3,(H,45,48)(H,46,49)(H,50,57)(H,51,61)(H,52,60)(H,53,58)(H,54,59)(H,63,64)(H4,43,44,47)/t23-,27-,28-,29-,30-,31-,32-,33-/m0/s1. The van der Waals surface area contributed by atoms with Crippen molar-refractivity contribution >= 4 is 47.4 Å². The number of rotatable bonds is 25. The van der Waals surface area contributed by atoms with Gasteiger partial charge in [-0.1, -0.05) is 50.6 Å². The maximum Gasteiger partial charge on any atom is 0.326 e. The molecule has 1 saturated heterocycles. The first-order valence-corrected chi connectivity index (χ1v) is 21.1. The van der Waals surface area contributed by atoms with Crippen molar-refractivity contribution in [2.75, 3.05) is 19.7 Å². The second-order valence-electron chi connectivity index (χ2n) is 15.6. The van der Waals surface area contributed by atoms with Crippen LogP contribution in [0.1, 0.15) is 62.9 Å². The molecule has 2 aromatic heterocycles. The molecule has 3 heterocycles. The molecule has 0 spiro atoms. The minimum absolute atomic E-state index is 0.0192. The minimum atomic E-state index is -1.59. The van der Waals surface area contributed by atoms with Crippen LogP contribution in [0.15, 0.2) is 60.4 Å². The monoisotopic (exact) mass is 892 g/mol. The molecule has 23 nitrogen and oxygen atoms in total. The number of nitrogens with zero attached hydrogens (tertiary/aromatic N) is 4. The molecule has 1 aliphatic heterocycles. The molecule has 1 fully saturated rings. The third-order valence-corrected chi connectivity index (χ3v) is 10.9. The fourth-order valence-electron chi connectivity index (χ4n) is 7.08. The van der Waals surface area contributed by atoms with Crippen LogP contribution in [0.5, 0.6) is 0 Å². The molecular formula is C41H60N14O9. The lowest BCUT2D eigenvalue weighted by Crippen LogP contribution is -2.61. The van der Waals surface area contributed by atoms with Crippen LogP contribution in [-0.2, 0) is 52.8 Å². The number of nitrogens with two attached hydrogens (primary N) is 3. The van der Waals surface area contributed by atoms with E-state index in [1.807, 2.05) is 0 Å². The number of hydrogen-bond donors (Lipinski definition) is 12. The smallest absolute Gasteiger partial charge is 0.326 e. The number of aliphatic hydroxyl groups excluding tert-OH is 1. The number of imidazole rings is 2. The first kappa shape index (κ1) is 49.8. The molecule has 23 heteroatoms. The van der Waals surface area contributed by atoms with Gasteiger partial charge < -0.3 is 68.9 Å². The van der Waals surface area contributed by atoms with Gasteiger partial charge in [0.15, 0.2) is 5.96 Å². The van der Waals surface area contributed by atoms with Crippen LogP contribution >= 0.6 is 0 Å². The number of hydrogen-bond acceptors (Lipinski definition) is 12. The Morgan fingerprint density at radius 3 is 2.02 bits per heavy atom. The van der Waals surface area contributed by atoms with Gasteiger partial charge in [-0.2, -0.15) is 0 Å². The number of carboxylic acid groups (broad SMARTS) is 1. The van der Waals surface area contributed by atoms with Crippen molar-refractivity contribution in [1.82, 2.24) is 51.4 Å². The molecule has 6 amide bonds. The van der Waals surface area contributed by atoms with Crippen molar-refractivity contribution in [3.8, 4) is 0 Å². The average Bonchev–Trinajstić information content (AvgIpc) is 4.10. The molecule has 1 aromatic carbocycles. The van der Waals surface area contributed by atoms with E-state index in [4.69, 9.17) is 17.2 Å². The van der Waals surface area contributed by atoms with Gasteiger partial charge in [0, 0.05) is 56.1 Å². The van der Waals surface area contributed by atoms with Gasteiger partial charge in [-0.15, -0.1) is 0 Å². The summed E-state index contributed by atoms with van der Waals surface area (Å²) in [6, 6.07) is 0.0173. The van der Waals surface area contributed by atoms with E-state index >= 15 is 0 Å². The SMILES string of the molecule is CC[C@H](C)[C@H](NC(=O)[C@H](CO)NC(=O)[C@H](Cc1cnc[nH]1)NC(=O)[C@@H](N)CCCN=C(N)N)C(=O)N[C@@H](Cc1cnc[nH]1)C(=O)N1CCC[C@H]1C(=O)N[C@@H](Cc1ccccc1)C(=O)O. The van der Waals surface area contributed by atoms with Crippen molar-refractivity contribution in [3.63, 3.8) is 0 Å². The molecule has 0 unspecified atom stereocenters. The van der Waals surface area contributed by atoms with Gasteiger partial charge >= 0.3 is 5.97 Å². The van der Waals surface area contributed by atoms with E-state index in [1.54, 1.807) is 44.2 Å².